The summed E-state index contributed by atoms with van der Waals surface area (Å²) in [6.07, 6.45) is 0. The molecule has 0 aromatic heterocycles. The molecule has 2 aromatic rings. The van der Waals surface area contributed by atoms with E-state index in [2.05, 4.69) is 5.43 Å². The number of hydrogen-bond donors (Lipinski definition) is 2. The smallest absolute Gasteiger partial charge is 0.194 e. The number of rotatable bonds is 3. The number of benzene rings is 2. The van der Waals surface area contributed by atoms with E-state index in [1.54, 1.807) is 18.2 Å². The van der Waals surface area contributed by atoms with E-state index in [9.17, 15) is 13.2 Å². The van der Waals surface area contributed by atoms with Crippen LogP contribution in [-0.4, -0.2) is 0 Å². The van der Waals surface area contributed by atoms with Gasteiger partial charge in [-0.25, -0.2) is 18.6 Å². The summed E-state index contributed by atoms with van der Waals surface area (Å²) < 4.78 is 40.1. The Morgan fingerprint density at radius 3 is 2.30 bits per heavy atom. The Morgan fingerprint density at radius 2 is 1.70 bits per heavy atom. The molecule has 0 spiro atoms. The molecule has 106 valence electrons. The summed E-state index contributed by atoms with van der Waals surface area (Å²) in [6.45, 7) is 1.85. The first-order valence-corrected chi connectivity index (χ1v) is 6.19. The highest BCUT2D eigenvalue weighted by molar-refractivity contribution is 6.31. The van der Waals surface area contributed by atoms with Crippen molar-refractivity contribution in [1.29, 1.82) is 0 Å². The van der Waals surface area contributed by atoms with E-state index in [0.717, 1.165) is 17.7 Å². The Labute approximate surface area is 119 Å². The molecule has 1 unspecified atom stereocenters. The minimum absolute atomic E-state index is 0.114. The van der Waals surface area contributed by atoms with Gasteiger partial charge in [0.2, 0.25) is 0 Å². The van der Waals surface area contributed by atoms with Crippen LogP contribution in [0.1, 0.15) is 22.7 Å². The van der Waals surface area contributed by atoms with E-state index >= 15 is 0 Å². The maximum absolute atomic E-state index is 13.8. The number of aryl methyl sites for hydroxylation is 1. The third-order valence-corrected chi connectivity index (χ3v) is 3.34. The molecule has 6 heteroatoms. The highest BCUT2D eigenvalue weighted by atomic mass is 35.5. The van der Waals surface area contributed by atoms with Gasteiger partial charge in [0, 0.05) is 10.6 Å². The molecule has 0 aliphatic rings. The van der Waals surface area contributed by atoms with Crippen LogP contribution in [0, 0.1) is 24.4 Å². The average Bonchev–Trinajstić information content (AvgIpc) is 2.41. The molecule has 0 saturated heterocycles. The van der Waals surface area contributed by atoms with Crippen LogP contribution in [0.15, 0.2) is 30.3 Å². The van der Waals surface area contributed by atoms with Crippen molar-refractivity contribution in [3.8, 4) is 0 Å². The Balaban J connectivity index is 2.55. The zero-order valence-electron chi connectivity index (χ0n) is 10.6. The van der Waals surface area contributed by atoms with Gasteiger partial charge in [0.25, 0.3) is 0 Å². The van der Waals surface area contributed by atoms with Gasteiger partial charge in [-0.3, -0.25) is 5.84 Å². The predicted octanol–water partition coefficient (Wildman–Crippen LogP) is 3.62. The van der Waals surface area contributed by atoms with Gasteiger partial charge in [0.15, 0.2) is 17.5 Å². The quantitative estimate of drug-likeness (QED) is 0.516. The summed E-state index contributed by atoms with van der Waals surface area (Å²) in [4.78, 5) is 0. The molecule has 1 atom stereocenters. The van der Waals surface area contributed by atoms with E-state index in [-0.39, 0.29) is 5.56 Å². The van der Waals surface area contributed by atoms with E-state index < -0.39 is 23.5 Å². The summed E-state index contributed by atoms with van der Waals surface area (Å²) in [5.74, 6) is 1.33. The molecule has 2 rings (SSSR count). The molecule has 0 bridgehead atoms. The van der Waals surface area contributed by atoms with Crippen LogP contribution in [0.4, 0.5) is 13.2 Å². The Hall–Kier alpha value is -1.56. The average molecular weight is 301 g/mol. The van der Waals surface area contributed by atoms with Gasteiger partial charge in [-0.1, -0.05) is 29.8 Å². The van der Waals surface area contributed by atoms with Crippen LogP contribution in [0.3, 0.4) is 0 Å². The molecular weight excluding hydrogens is 289 g/mol. The van der Waals surface area contributed by atoms with E-state index in [1.807, 2.05) is 6.92 Å². The molecule has 0 fully saturated rings. The number of nitrogens with two attached hydrogens (primary N) is 1. The molecule has 0 aliphatic carbocycles. The number of halogens is 4. The zero-order valence-corrected chi connectivity index (χ0v) is 11.3. The summed E-state index contributed by atoms with van der Waals surface area (Å²) in [5, 5.41) is 0.358. The van der Waals surface area contributed by atoms with Gasteiger partial charge >= 0.3 is 0 Å². The molecule has 2 nitrogen and oxygen atoms in total. The fourth-order valence-electron chi connectivity index (χ4n) is 1.98. The van der Waals surface area contributed by atoms with E-state index in [1.165, 1.54) is 0 Å². The molecule has 0 saturated carbocycles. The third-order valence-electron chi connectivity index (χ3n) is 3.01. The monoisotopic (exact) mass is 300 g/mol. The zero-order chi connectivity index (χ0) is 14.9. The molecule has 2 aromatic carbocycles. The maximum atomic E-state index is 13.8. The first kappa shape index (κ1) is 14.8. The van der Waals surface area contributed by atoms with Crippen molar-refractivity contribution in [3.05, 3.63) is 69.5 Å². The third kappa shape index (κ3) is 2.65. The van der Waals surface area contributed by atoms with Crippen molar-refractivity contribution in [2.24, 2.45) is 5.84 Å². The Bertz CT molecular complexity index is 647. The normalized spacial score (nSPS) is 12.5. The lowest BCUT2D eigenvalue weighted by molar-refractivity contribution is 0.433. The molecule has 0 heterocycles. The molecule has 0 radical (unpaired) electrons. The first-order valence-electron chi connectivity index (χ1n) is 5.81. The van der Waals surface area contributed by atoms with Crippen molar-refractivity contribution in [1.82, 2.24) is 5.43 Å². The van der Waals surface area contributed by atoms with Crippen molar-refractivity contribution < 1.29 is 13.2 Å². The lowest BCUT2D eigenvalue weighted by atomic mass is 9.97. The Morgan fingerprint density at radius 1 is 1.05 bits per heavy atom. The van der Waals surface area contributed by atoms with Crippen molar-refractivity contribution in [3.63, 3.8) is 0 Å². The number of hydrazine groups is 1. The SMILES string of the molecule is Cc1ccc(C(NN)c2ccc(F)c(F)c2F)c(Cl)c1. The number of hydrogen-bond acceptors (Lipinski definition) is 2. The van der Waals surface area contributed by atoms with Gasteiger partial charge in [-0.15, -0.1) is 0 Å². The van der Waals surface area contributed by atoms with E-state index in [4.69, 9.17) is 17.4 Å². The summed E-state index contributed by atoms with van der Waals surface area (Å²) in [6, 6.07) is 6.21. The topological polar surface area (TPSA) is 38.0 Å². The summed E-state index contributed by atoms with van der Waals surface area (Å²) in [7, 11) is 0. The van der Waals surface area contributed by atoms with Crippen LogP contribution in [-0.2, 0) is 0 Å². The van der Waals surface area contributed by atoms with Crippen LogP contribution >= 0.6 is 11.6 Å². The van der Waals surface area contributed by atoms with Gasteiger partial charge in [-0.05, 0) is 30.2 Å². The van der Waals surface area contributed by atoms with Crippen LogP contribution in [0.25, 0.3) is 0 Å². The lowest BCUT2D eigenvalue weighted by Crippen LogP contribution is -2.30. The first-order chi connectivity index (χ1) is 9.45. The van der Waals surface area contributed by atoms with Gasteiger partial charge < -0.3 is 0 Å². The minimum Gasteiger partial charge on any atom is -0.271 e. The number of nitrogens with one attached hydrogen (secondary N) is 1. The van der Waals surface area contributed by atoms with Gasteiger partial charge in [0.1, 0.15) is 0 Å². The van der Waals surface area contributed by atoms with Crippen LogP contribution in [0.2, 0.25) is 5.02 Å². The Kier molecular flexibility index (Phi) is 4.32. The van der Waals surface area contributed by atoms with Crippen LogP contribution < -0.4 is 11.3 Å². The second-order valence-electron chi connectivity index (χ2n) is 4.39. The molecule has 3 N–H and O–H groups in total. The summed E-state index contributed by atoms with van der Waals surface area (Å²) in [5.41, 5.74) is 3.65. The highest BCUT2D eigenvalue weighted by Crippen LogP contribution is 2.31. The van der Waals surface area contributed by atoms with Gasteiger partial charge in [0.05, 0.1) is 6.04 Å². The van der Waals surface area contributed by atoms with E-state index in [0.29, 0.717) is 10.6 Å². The highest BCUT2D eigenvalue weighted by Gasteiger charge is 2.23. The standard InChI is InChI=1S/C14H12ClF3N2/c1-7-2-3-8(10(15)6-7)14(20-19)9-4-5-11(16)13(18)12(9)17/h2-6,14,20H,19H2,1H3. The fourth-order valence-corrected chi connectivity index (χ4v) is 2.32. The fraction of sp³-hybridized carbons (Fsp3) is 0.143. The molecular formula is C14H12ClF3N2. The van der Waals surface area contributed by atoms with Crippen LogP contribution in [0.5, 0.6) is 0 Å². The molecule has 0 aliphatic heterocycles. The van der Waals surface area contributed by atoms with Gasteiger partial charge in [-0.2, -0.15) is 0 Å². The van der Waals surface area contributed by atoms with Crippen molar-refractivity contribution in [2.75, 3.05) is 0 Å². The van der Waals surface area contributed by atoms with Crippen molar-refractivity contribution in [2.45, 2.75) is 13.0 Å². The largest absolute Gasteiger partial charge is 0.271 e. The summed E-state index contributed by atoms with van der Waals surface area (Å²) >= 11 is 6.09. The lowest BCUT2D eigenvalue weighted by Gasteiger charge is -2.19. The molecule has 20 heavy (non-hydrogen) atoms. The maximum Gasteiger partial charge on any atom is 0.194 e. The second-order valence-corrected chi connectivity index (χ2v) is 4.80. The molecule has 0 amide bonds. The predicted molar refractivity (Wildman–Crippen MR) is 71.7 cm³/mol. The van der Waals surface area contributed by atoms with Crippen molar-refractivity contribution >= 4 is 11.6 Å². The second kappa shape index (κ2) is 5.83. The minimum atomic E-state index is -1.54.